The molecule has 2 saturated heterocycles. The molecule has 88 valence electrons. The Morgan fingerprint density at radius 2 is 2.33 bits per heavy atom. The zero-order chi connectivity index (χ0) is 10.1. The highest BCUT2D eigenvalue weighted by atomic mass is 35.5. The van der Waals surface area contributed by atoms with E-state index < -0.39 is 0 Å². The Balaban J connectivity index is 0.00000112. The first-order chi connectivity index (χ1) is 6.74. The molecule has 2 aliphatic rings. The van der Waals surface area contributed by atoms with E-state index >= 15 is 0 Å². The number of carbonyl (C=O) groups is 1. The summed E-state index contributed by atoms with van der Waals surface area (Å²) in [4.78, 5) is 13.9. The molecule has 0 aromatic carbocycles. The molecular formula is C10H20ClN3O. The van der Waals surface area contributed by atoms with Crippen LogP contribution < -0.4 is 11.1 Å². The van der Waals surface area contributed by atoms with Crippen LogP contribution >= 0.6 is 12.4 Å². The van der Waals surface area contributed by atoms with Gasteiger partial charge in [0.25, 0.3) is 0 Å². The molecule has 0 aliphatic carbocycles. The molecule has 2 heterocycles. The topological polar surface area (TPSA) is 58.4 Å². The van der Waals surface area contributed by atoms with Crippen molar-refractivity contribution in [3.8, 4) is 0 Å². The maximum Gasteiger partial charge on any atom is 0.239 e. The van der Waals surface area contributed by atoms with Crippen molar-refractivity contribution in [1.82, 2.24) is 10.2 Å². The molecule has 2 fully saturated rings. The molecule has 3 N–H and O–H groups in total. The van der Waals surface area contributed by atoms with Gasteiger partial charge in [-0.15, -0.1) is 12.4 Å². The number of nitrogens with two attached hydrogens (primary N) is 1. The van der Waals surface area contributed by atoms with Gasteiger partial charge in [0.15, 0.2) is 0 Å². The van der Waals surface area contributed by atoms with Crippen molar-refractivity contribution in [3.63, 3.8) is 0 Å². The molecule has 0 bridgehead atoms. The van der Waals surface area contributed by atoms with Crippen LogP contribution in [0.3, 0.4) is 0 Å². The number of hydrogen-bond donors (Lipinski definition) is 2. The number of likely N-dealkylation sites (tertiary alicyclic amines) is 1. The van der Waals surface area contributed by atoms with Crippen LogP contribution in [0.1, 0.15) is 19.8 Å². The van der Waals surface area contributed by atoms with E-state index in [0.717, 1.165) is 32.5 Å². The van der Waals surface area contributed by atoms with Crippen molar-refractivity contribution in [2.24, 2.45) is 11.7 Å². The summed E-state index contributed by atoms with van der Waals surface area (Å²) in [6, 6.07) is 0.120. The lowest BCUT2D eigenvalue weighted by atomic mass is 10.0. The fourth-order valence-electron chi connectivity index (χ4n) is 2.51. The molecule has 15 heavy (non-hydrogen) atoms. The second kappa shape index (κ2) is 5.14. The number of halogens is 1. The maximum absolute atomic E-state index is 11.9. The molecule has 2 rings (SSSR count). The van der Waals surface area contributed by atoms with Crippen molar-refractivity contribution < 1.29 is 4.79 Å². The smallest absolute Gasteiger partial charge is 0.239 e. The number of nitrogens with one attached hydrogen (secondary N) is 1. The van der Waals surface area contributed by atoms with E-state index in [0.29, 0.717) is 12.0 Å². The lowest BCUT2D eigenvalue weighted by Crippen LogP contribution is -2.47. The fourth-order valence-corrected chi connectivity index (χ4v) is 2.51. The molecule has 3 atom stereocenters. The standard InChI is InChI=1S/C10H19N3O.ClH/c1-2-8(11)10(14)13-4-3-7-5-12-6-9(7)13;/h7-9,12H,2-6,11H2,1H3;1H/t7-,8-,9+;/m0./s1. The molecule has 0 saturated carbocycles. The number of fused-ring (bicyclic) bond motifs is 1. The van der Waals surface area contributed by atoms with Gasteiger partial charge in [-0.25, -0.2) is 0 Å². The third kappa shape index (κ3) is 2.27. The number of carbonyl (C=O) groups excluding carboxylic acids is 1. The van der Waals surface area contributed by atoms with Gasteiger partial charge in [0, 0.05) is 25.7 Å². The average molecular weight is 234 g/mol. The van der Waals surface area contributed by atoms with Gasteiger partial charge >= 0.3 is 0 Å². The van der Waals surface area contributed by atoms with Crippen molar-refractivity contribution in [2.75, 3.05) is 19.6 Å². The third-order valence-electron chi connectivity index (χ3n) is 3.49. The van der Waals surface area contributed by atoms with E-state index in [4.69, 9.17) is 5.73 Å². The van der Waals surface area contributed by atoms with Crippen LogP contribution in [0.25, 0.3) is 0 Å². The lowest BCUT2D eigenvalue weighted by molar-refractivity contribution is -0.133. The van der Waals surface area contributed by atoms with Crippen molar-refractivity contribution in [3.05, 3.63) is 0 Å². The Hall–Kier alpha value is -0.320. The molecule has 0 radical (unpaired) electrons. The summed E-state index contributed by atoms with van der Waals surface area (Å²) < 4.78 is 0. The number of nitrogens with zero attached hydrogens (tertiary/aromatic N) is 1. The molecule has 4 nitrogen and oxygen atoms in total. The van der Waals surface area contributed by atoms with Crippen LogP contribution in [0, 0.1) is 5.92 Å². The van der Waals surface area contributed by atoms with E-state index in [1.54, 1.807) is 0 Å². The average Bonchev–Trinajstić information content (AvgIpc) is 2.76. The summed E-state index contributed by atoms with van der Waals surface area (Å²) in [7, 11) is 0. The Bertz CT molecular complexity index is 237. The van der Waals surface area contributed by atoms with Crippen LogP contribution in [0.15, 0.2) is 0 Å². The zero-order valence-corrected chi connectivity index (χ0v) is 9.93. The summed E-state index contributed by atoms with van der Waals surface area (Å²) in [5, 5.41) is 3.33. The molecule has 0 unspecified atom stereocenters. The fraction of sp³-hybridized carbons (Fsp3) is 0.900. The van der Waals surface area contributed by atoms with Crippen LogP contribution in [0.2, 0.25) is 0 Å². The first kappa shape index (κ1) is 12.7. The minimum Gasteiger partial charge on any atom is -0.337 e. The van der Waals surface area contributed by atoms with Crippen molar-refractivity contribution >= 4 is 18.3 Å². The number of hydrogen-bond acceptors (Lipinski definition) is 3. The molecule has 0 aromatic heterocycles. The Labute approximate surface area is 97.0 Å². The molecular weight excluding hydrogens is 214 g/mol. The quantitative estimate of drug-likeness (QED) is 0.704. The first-order valence-electron chi connectivity index (χ1n) is 5.50. The monoisotopic (exact) mass is 233 g/mol. The van der Waals surface area contributed by atoms with Gasteiger partial charge in [-0.1, -0.05) is 6.92 Å². The van der Waals surface area contributed by atoms with E-state index in [1.165, 1.54) is 0 Å². The molecule has 5 heteroatoms. The highest BCUT2D eigenvalue weighted by Crippen LogP contribution is 2.27. The molecule has 1 amide bonds. The Morgan fingerprint density at radius 1 is 1.60 bits per heavy atom. The van der Waals surface area contributed by atoms with Crippen molar-refractivity contribution in [1.29, 1.82) is 0 Å². The van der Waals surface area contributed by atoms with Gasteiger partial charge in [0.1, 0.15) is 0 Å². The Morgan fingerprint density at radius 3 is 3.00 bits per heavy atom. The summed E-state index contributed by atoms with van der Waals surface area (Å²) in [5.41, 5.74) is 5.77. The van der Waals surface area contributed by atoms with Gasteiger partial charge < -0.3 is 16.0 Å². The minimum absolute atomic E-state index is 0. The summed E-state index contributed by atoms with van der Waals surface area (Å²) in [6.07, 6.45) is 1.87. The normalized spacial score (nSPS) is 30.9. The Kier molecular flexibility index (Phi) is 4.37. The van der Waals surface area contributed by atoms with Gasteiger partial charge in [-0.2, -0.15) is 0 Å². The lowest BCUT2D eigenvalue weighted by Gasteiger charge is -2.25. The number of rotatable bonds is 2. The molecule has 0 aromatic rings. The zero-order valence-electron chi connectivity index (χ0n) is 9.11. The van der Waals surface area contributed by atoms with Crippen LogP contribution in [0.4, 0.5) is 0 Å². The second-order valence-electron chi connectivity index (χ2n) is 4.32. The maximum atomic E-state index is 11.9. The first-order valence-corrected chi connectivity index (χ1v) is 5.50. The third-order valence-corrected chi connectivity index (χ3v) is 3.49. The van der Waals surface area contributed by atoms with Crippen molar-refractivity contribution in [2.45, 2.75) is 31.8 Å². The van der Waals surface area contributed by atoms with Gasteiger partial charge in [-0.3, -0.25) is 4.79 Å². The van der Waals surface area contributed by atoms with Crippen LogP contribution in [-0.4, -0.2) is 42.5 Å². The summed E-state index contributed by atoms with van der Waals surface area (Å²) >= 11 is 0. The summed E-state index contributed by atoms with van der Waals surface area (Å²) in [5.74, 6) is 0.812. The predicted molar refractivity (Wildman–Crippen MR) is 62.0 cm³/mol. The SMILES string of the molecule is CC[C@H](N)C(=O)N1CC[C@H]2CNC[C@H]21.Cl. The van der Waals surface area contributed by atoms with E-state index in [2.05, 4.69) is 5.32 Å². The molecule has 2 aliphatic heterocycles. The summed E-state index contributed by atoms with van der Waals surface area (Å²) in [6.45, 7) is 4.88. The van der Waals surface area contributed by atoms with Gasteiger partial charge in [0.05, 0.1) is 6.04 Å². The second-order valence-corrected chi connectivity index (χ2v) is 4.32. The highest BCUT2D eigenvalue weighted by molar-refractivity contribution is 5.85. The van der Waals surface area contributed by atoms with Gasteiger partial charge in [0.2, 0.25) is 5.91 Å². The highest BCUT2D eigenvalue weighted by Gasteiger charge is 2.40. The minimum atomic E-state index is -0.297. The molecule has 0 spiro atoms. The van der Waals surface area contributed by atoms with Crippen LogP contribution in [-0.2, 0) is 4.79 Å². The number of amides is 1. The largest absolute Gasteiger partial charge is 0.337 e. The predicted octanol–water partition coefficient (Wildman–Crippen LogP) is -0.0342. The van der Waals surface area contributed by atoms with Gasteiger partial charge in [-0.05, 0) is 18.8 Å². The van der Waals surface area contributed by atoms with E-state index in [-0.39, 0.29) is 24.4 Å². The van der Waals surface area contributed by atoms with Crippen LogP contribution in [0.5, 0.6) is 0 Å². The van der Waals surface area contributed by atoms with E-state index in [1.807, 2.05) is 11.8 Å². The van der Waals surface area contributed by atoms with E-state index in [9.17, 15) is 4.79 Å².